The number of pyridine rings is 1. The monoisotopic (exact) mass is 446 g/mol. The lowest BCUT2D eigenvalue weighted by Gasteiger charge is -2.12. The fraction of sp³-hybridized carbons (Fsp3) is 0.296. The molecule has 1 aliphatic rings. The molecule has 4 rings (SSSR count). The van der Waals surface area contributed by atoms with Crippen molar-refractivity contribution in [1.29, 1.82) is 0 Å². The Morgan fingerprint density at radius 1 is 1.15 bits per heavy atom. The zero-order valence-corrected chi connectivity index (χ0v) is 19.0. The fourth-order valence-corrected chi connectivity index (χ4v) is 3.93. The Bertz CT molecular complexity index is 1220. The largest absolute Gasteiger partial charge is 0.390 e. The minimum Gasteiger partial charge on any atom is -0.390 e. The Kier molecular flexibility index (Phi) is 6.65. The number of rotatable bonds is 7. The minimum atomic E-state index is -0.388. The van der Waals surface area contributed by atoms with Gasteiger partial charge in [0, 0.05) is 29.5 Å². The number of oxime groups is 1. The summed E-state index contributed by atoms with van der Waals surface area (Å²) in [4.78, 5) is 23.0. The van der Waals surface area contributed by atoms with Crippen molar-refractivity contribution < 1.29 is 19.1 Å². The number of hydrogen-bond donors (Lipinski definition) is 1. The van der Waals surface area contributed by atoms with E-state index in [0.717, 1.165) is 11.1 Å². The van der Waals surface area contributed by atoms with E-state index in [4.69, 9.17) is 4.84 Å². The van der Waals surface area contributed by atoms with Crippen LogP contribution >= 0.6 is 0 Å². The number of aromatic nitrogens is 1. The molecule has 170 valence electrons. The Morgan fingerprint density at radius 2 is 1.94 bits per heavy atom. The predicted octanol–water partition coefficient (Wildman–Crippen LogP) is 5.78. The van der Waals surface area contributed by atoms with Crippen molar-refractivity contribution >= 4 is 11.5 Å². The number of halogens is 1. The third-order valence-electron chi connectivity index (χ3n) is 5.61. The van der Waals surface area contributed by atoms with Gasteiger partial charge in [0.15, 0.2) is 11.9 Å². The molecule has 0 radical (unpaired) electrons. The first kappa shape index (κ1) is 22.8. The van der Waals surface area contributed by atoms with Crippen LogP contribution < -0.4 is 0 Å². The molecule has 1 unspecified atom stereocenters. The Labute approximate surface area is 192 Å². The van der Waals surface area contributed by atoms with Crippen LogP contribution in [-0.4, -0.2) is 21.6 Å². The Balaban J connectivity index is 1.70. The number of benzene rings is 2. The molecule has 2 aromatic carbocycles. The third-order valence-corrected chi connectivity index (χ3v) is 5.61. The summed E-state index contributed by atoms with van der Waals surface area (Å²) >= 11 is 0. The number of hydrogen-bond acceptors (Lipinski definition) is 5. The molecule has 0 fully saturated rings. The number of aliphatic hydroxyl groups is 1. The highest BCUT2D eigenvalue weighted by atomic mass is 19.1. The van der Waals surface area contributed by atoms with Crippen LogP contribution in [-0.2, 0) is 11.4 Å². The van der Waals surface area contributed by atoms with Crippen molar-refractivity contribution in [1.82, 2.24) is 4.98 Å². The van der Waals surface area contributed by atoms with Crippen molar-refractivity contribution in [3.63, 3.8) is 0 Å². The lowest BCUT2D eigenvalue weighted by molar-refractivity contribution is 0.0822. The van der Waals surface area contributed by atoms with Crippen LogP contribution in [0, 0.1) is 18.7 Å². The minimum absolute atomic E-state index is 0.00833. The second kappa shape index (κ2) is 9.63. The van der Waals surface area contributed by atoms with Crippen LogP contribution in [0.1, 0.15) is 65.7 Å². The molecule has 1 aromatic heterocycles. The number of nitrogens with zero attached hydrogens (tertiary/aromatic N) is 2. The van der Waals surface area contributed by atoms with Gasteiger partial charge in [0.2, 0.25) is 0 Å². The van der Waals surface area contributed by atoms with Gasteiger partial charge in [0.05, 0.1) is 23.7 Å². The van der Waals surface area contributed by atoms with Gasteiger partial charge in [-0.3, -0.25) is 9.78 Å². The molecule has 2 heterocycles. The quantitative estimate of drug-likeness (QED) is 0.467. The highest BCUT2D eigenvalue weighted by Gasteiger charge is 2.26. The number of ketones is 1. The number of carbonyl (C=O) groups excluding carboxylic acids is 1. The van der Waals surface area contributed by atoms with Crippen LogP contribution in [0.3, 0.4) is 0 Å². The first-order valence-corrected chi connectivity index (χ1v) is 11.1. The van der Waals surface area contributed by atoms with Gasteiger partial charge in [-0.05, 0) is 60.4 Å². The first-order valence-electron chi connectivity index (χ1n) is 11.1. The van der Waals surface area contributed by atoms with Gasteiger partial charge >= 0.3 is 0 Å². The SMILES string of the molecule is Cc1ccc(-c2cc(C(=O)CC(C)C)cc(C3=NOC(c4cccc(CO)n4)C3)c2)c(F)c1. The molecule has 0 amide bonds. The zero-order valence-electron chi connectivity index (χ0n) is 19.0. The van der Waals surface area contributed by atoms with Crippen molar-refractivity contribution in [3.8, 4) is 11.1 Å². The maximum absolute atomic E-state index is 14.8. The molecule has 5 nitrogen and oxygen atoms in total. The second-order valence-electron chi connectivity index (χ2n) is 8.85. The van der Waals surface area contributed by atoms with Crippen LogP contribution in [0.15, 0.2) is 59.8 Å². The molecule has 0 bridgehead atoms. The van der Waals surface area contributed by atoms with Crippen LogP contribution in [0.25, 0.3) is 11.1 Å². The van der Waals surface area contributed by atoms with Crippen LogP contribution in [0.5, 0.6) is 0 Å². The first-order chi connectivity index (χ1) is 15.8. The molecule has 1 N–H and O–H groups in total. The average molecular weight is 447 g/mol. The summed E-state index contributed by atoms with van der Waals surface area (Å²) < 4.78 is 14.8. The van der Waals surface area contributed by atoms with Crippen molar-refractivity contribution in [2.24, 2.45) is 11.1 Å². The van der Waals surface area contributed by atoms with Gasteiger partial charge in [0.1, 0.15) is 5.82 Å². The van der Waals surface area contributed by atoms with Crippen LogP contribution in [0.2, 0.25) is 0 Å². The van der Waals surface area contributed by atoms with E-state index in [1.807, 2.05) is 51.1 Å². The van der Waals surface area contributed by atoms with Crippen molar-refractivity contribution in [3.05, 3.63) is 88.5 Å². The molecule has 3 aromatic rings. The van der Waals surface area contributed by atoms with Gasteiger partial charge in [-0.2, -0.15) is 0 Å². The summed E-state index contributed by atoms with van der Waals surface area (Å²) in [5.74, 6) is -0.113. The van der Waals surface area contributed by atoms with Crippen LogP contribution in [0.4, 0.5) is 4.39 Å². The maximum atomic E-state index is 14.8. The molecular weight excluding hydrogens is 419 g/mol. The molecule has 6 heteroatoms. The lowest BCUT2D eigenvalue weighted by Crippen LogP contribution is -2.08. The van der Waals surface area contributed by atoms with E-state index in [1.165, 1.54) is 6.07 Å². The van der Waals surface area contributed by atoms with Gasteiger partial charge < -0.3 is 9.94 Å². The number of carbonyl (C=O) groups is 1. The van der Waals surface area contributed by atoms with E-state index in [9.17, 15) is 14.3 Å². The Hall–Kier alpha value is -3.38. The van der Waals surface area contributed by atoms with E-state index in [0.29, 0.717) is 46.6 Å². The van der Waals surface area contributed by atoms with E-state index in [2.05, 4.69) is 10.1 Å². The van der Waals surface area contributed by atoms with E-state index in [1.54, 1.807) is 18.2 Å². The molecule has 0 spiro atoms. The predicted molar refractivity (Wildman–Crippen MR) is 125 cm³/mol. The smallest absolute Gasteiger partial charge is 0.174 e. The fourth-order valence-electron chi connectivity index (χ4n) is 3.93. The normalized spacial score (nSPS) is 15.5. The standard InChI is InChI=1S/C27H27FN2O3/c1-16(2)9-26(32)20-12-18(22-8-7-17(3)10-23(22)28)11-19(13-20)25-14-27(33-30-25)24-6-4-5-21(15-31)29-24/h4-8,10-13,16,27,31H,9,14-15H2,1-3H3. The Morgan fingerprint density at radius 3 is 2.67 bits per heavy atom. The van der Waals surface area contributed by atoms with Gasteiger partial charge in [-0.25, -0.2) is 4.39 Å². The summed E-state index contributed by atoms with van der Waals surface area (Å²) in [5, 5.41) is 13.6. The maximum Gasteiger partial charge on any atom is 0.174 e. The molecule has 0 aliphatic carbocycles. The molecular formula is C27H27FN2O3. The number of Topliss-reactive ketones (excluding diaryl/α,β-unsaturated/α-hetero) is 1. The van der Waals surface area contributed by atoms with Gasteiger partial charge in [-0.15, -0.1) is 0 Å². The van der Waals surface area contributed by atoms with Gasteiger partial charge in [0.25, 0.3) is 0 Å². The van der Waals surface area contributed by atoms with Crippen molar-refractivity contribution in [2.45, 2.75) is 46.3 Å². The number of aliphatic hydroxyl groups excluding tert-OH is 1. The summed E-state index contributed by atoms with van der Waals surface area (Å²) in [6, 6.07) is 15.9. The second-order valence-corrected chi connectivity index (χ2v) is 8.85. The molecule has 0 saturated carbocycles. The van der Waals surface area contributed by atoms with Gasteiger partial charge in [-0.1, -0.05) is 37.2 Å². The summed E-state index contributed by atoms with van der Waals surface area (Å²) in [5.41, 5.74) is 5.06. The number of aryl methyl sites for hydroxylation is 1. The lowest BCUT2D eigenvalue weighted by atomic mass is 9.92. The molecule has 33 heavy (non-hydrogen) atoms. The molecule has 1 aliphatic heterocycles. The summed E-state index contributed by atoms with van der Waals surface area (Å²) in [6.07, 6.45) is 0.475. The van der Waals surface area contributed by atoms with Crippen molar-refractivity contribution in [2.75, 3.05) is 0 Å². The summed E-state index contributed by atoms with van der Waals surface area (Å²) in [7, 11) is 0. The van der Waals surface area contributed by atoms with E-state index < -0.39 is 0 Å². The van der Waals surface area contributed by atoms with E-state index >= 15 is 0 Å². The zero-order chi connectivity index (χ0) is 23.5. The highest BCUT2D eigenvalue weighted by Crippen LogP contribution is 2.32. The van der Waals surface area contributed by atoms with E-state index in [-0.39, 0.29) is 30.2 Å². The molecule has 1 atom stereocenters. The highest BCUT2D eigenvalue weighted by molar-refractivity contribution is 6.05. The topological polar surface area (TPSA) is 71.8 Å². The third kappa shape index (κ3) is 5.17. The molecule has 0 saturated heterocycles. The average Bonchev–Trinajstić information content (AvgIpc) is 3.29. The summed E-state index contributed by atoms with van der Waals surface area (Å²) in [6.45, 7) is 5.68.